The van der Waals surface area contributed by atoms with Gasteiger partial charge in [-0.2, -0.15) is 4.73 Å². The van der Waals surface area contributed by atoms with Crippen LogP contribution in [0.15, 0.2) is 18.2 Å². The van der Waals surface area contributed by atoms with Crippen LogP contribution in [0.25, 0.3) is 21.9 Å². The average Bonchev–Trinajstić information content (AvgIpc) is 3.02. The maximum Gasteiger partial charge on any atom is 0.240 e. The molecule has 0 atom stereocenters. The number of benzene rings is 1. The van der Waals surface area contributed by atoms with Crippen molar-refractivity contribution >= 4 is 34.4 Å². The van der Waals surface area contributed by atoms with Crippen molar-refractivity contribution in [2.24, 2.45) is 5.73 Å². The number of nitrogens with two attached hydrogens (primary N) is 1. The lowest BCUT2D eigenvalue weighted by atomic mass is 10.2. The highest BCUT2D eigenvalue weighted by Gasteiger charge is 2.21. The van der Waals surface area contributed by atoms with Crippen LogP contribution in [-0.4, -0.2) is 46.3 Å². The van der Waals surface area contributed by atoms with Gasteiger partial charge in [0, 0.05) is 17.1 Å². The Kier molecular flexibility index (Phi) is 6.26. The summed E-state index contributed by atoms with van der Waals surface area (Å²) in [5.74, 6) is 0.638. The van der Waals surface area contributed by atoms with Crippen molar-refractivity contribution in [3.63, 3.8) is 0 Å². The summed E-state index contributed by atoms with van der Waals surface area (Å²) in [4.78, 5) is 15.0. The molecule has 0 aliphatic carbocycles. The Hall–Kier alpha value is -2.11. The third-order valence-electron chi connectivity index (χ3n) is 4.77. The second-order valence-corrected chi connectivity index (χ2v) is 10.7. The number of nitrogens with zero attached hydrogens (tertiary/aromatic N) is 3. The van der Waals surface area contributed by atoms with Crippen LogP contribution in [-0.2, 0) is 11.0 Å². The Morgan fingerprint density at radius 3 is 2.68 bits per heavy atom. The van der Waals surface area contributed by atoms with Gasteiger partial charge in [-0.15, -0.1) is 0 Å². The van der Waals surface area contributed by atoms with E-state index in [9.17, 15) is 9.67 Å². The van der Waals surface area contributed by atoms with Crippen molar-refractivity contribution in [3.05, 3.63) is 24.0 Å². The predicted octanol–water partition coefficient (Wildman–Crippen LogP) is 3.05. The first-order chi connectivity index (χ1) is 13.4. The summed E-state index contributed by atoms with van der Waals surface area (Å²) in [5, 5.41) is 12.1. The van der Waals surface area contributed by atoms with E-state index in [0.717, 1.165) is 48.6 Å². The second kappa shape index (κ2) is 8.50. The van der Waals surface area contributed by atoms with E-state index >= 15 is 0 Å². The lowest BCUT2D eigenvalue weighted by molar-refractivity contribution is 0.109. The van der Waals surface area contributed by atoms with Crippen molar-refractivity contribution < 1.29 is 14.5 Å². The van der Waals surface area contributed by atoms with Gasteiger partial charge in [0.15, 0.2) is 5.52 Å². The molecule has 0 aliphatic heterocycles. The molecule has 7 nitrogen and oxygen atoms in total. The van der Waals surface area contributed by atoms with Crippen LogP contribution in [0.4, 0.5) is 0 Å². The molecule has 152 valence electrons. The van der Waals surface area contributed by atoms with E-state index in [1.807, 2.05) is 12.1 Å². The standard InChI is InChI=1S/C20H29N4O3P/c1-4-5-8-17-23-18-19(24(17)27-12-7-6-11-21)15-10-9-14(28(2,3)26)13-16(15)22-20(18)25/h9-10,13H,4-8,11-12,21H2,1-3H3,(H,22,25). The molecule has 0 fully saturated rings. The van der Waals surface area contributed by atoms with E-state index in [0.29, 0.717) is 29.7 Å². The van der Waals surface area contributed by atoms with E-state index in [-0.39, 0.29) is 5.88 Å². The number of fused-ring (bicyclic) bond motifs is 3. The Morgan fingerprint density at radius 2 is 2.00 bits per heavy atom. The molecule has 3 aromatic rings. The third kappa shape index (κ3) is 4.15. The summed E-state index contributed by atoms with van der Waals surface area (Å²) < 4.78 is 14.2. The molecule has 0 spiro atoms. The highest BCUT2D eigenvalue weighted by atomic mass is 31.2. The monoisotopic (exact) mass is 404 g/mol. The summed E-state index contributed by atoms with van der Waals surface area (Å²) in [6.07, 6.45) is 4.49. The zero-order chi connectivity index (χ0) is 20.3. The minimum atomic E-state index is -2.43. The summed E-state index contributed by atoms with van der Waals surface area (Å²) in [5.41, 5.74) is 7.30. The first-order valence-electron chi connectivity index (χ1n) is 9.79. The van der Waals surface area contributed by atoms with Crippen molar-refractivity contribution in [1.29, 1.82) is 0 Å². The summed E-state index contributed by atoms with van der Waals surface area (Å²) in [7, 11) is -2.43. The molecule has 28 heavy (non-hydrogen) atoms. The smallest absolute Gasteiger partial charge is 0.240 e. The second-order valence-electron chi connectivity index (χ2n) is 7.44. The first-order valence-corrected chi connectivity index (χ1v) is 12.4. The molecular weight excluding hydrogens is 375 g/mol. The number of imidazole rings is 1. The van der Waals surface area contributed by atoms with Crippen LogP contribution in [0.1, 0.15) is 38.4 Å². The quantitative estimate of drug-likeness (QED) is 0.420. The molecule has 0 bridgehead atoms. The van der Waals surface area contributed by atoms with Crippen LogP contribution >= 0.6 is 7.14 Å². The largest absolute Gasteiger partial charge is 0.492 e. The van der Waals surface area contributed by atoms with Crippen molar-refractivity contribution in [2.75, 3.05) is 26.5 Å². The number of aromatic hydroxyl groups is 1. The molecule has 0 aliphatic rings. The summed E-state index contributed by atoms with van der Waals surface area (Å²) >= 11 is 0. The molecule has 0 saturated heterocycles. The molecule has 3 rings (SSSR count). The fourth-order valence-electron chi connectivity index (χ4n) is 3.19. The molecule has 0 amide bonds. The minimum Gasteiger partial charge on any atom is -0.492 e. The minimum absolute atomic E-state index is 0.135. The van der Waals surface area contributed by atoms with Crippen LogP contribution < -0.4 is 15.9 Å². The van der Waals surface area contributed by atoms with Gasteiger partial charge < -0.3 is 20.2 Å². The van der Waals surface area contributed by atoms with Gasteiger partial charge in [-0.05, 0) is 51.3 Å². The maximum absolute atomic E-state index is 12.5. The van der Waals surface area contributed by atoms with Crippen LogP contribution in [0.3, 0.4) is 0 Å². The molecule has 2 aromatic heterocycles. The van der Waals surface area contributed by atoms with Gasteiger partial charge in [-0.25, -0.2) is 9.97 Å². The predicted molar refractivity (Wildman–Crippen MR) is 114 cm³/mol. The number of aryl methyl sites for hydroxylation is 1. The Morgan fingerprint density at radius 1 is 1.21 bits per heavy atom. The van der Waals surface area contributed by atoms with E-state index in [4.69, 9.17) is 10.6 Å². The van der Waals surface area contributed by atoms with Crippen molar-refractivity contribution in [3.8, 4) is 5.88 Å². The Labute approximate surface area is 165 Å². The van der Waals surface area contributed by atoms with Crippen molar-refractivity contribution in [2.45, 2.75) is 39.0 Å². The third-order valence-corrected chi connectivity index (χ3v) is 6.29. The van der Waals surface area contributed by atoms with Crippen LogP contribution in [0, 0.1) is 0 Å². The SMILES string of the molecule is CCCCc1nc2c(O)nc3cc(P(C)(C)=O)ccc3c2n1OCCCCN. The lowest BCUT2D eigenvalue weighted by Gasteiger charge is -2.13. The lowest BCUT2D eigenvalue weighted by Crippen LogP contribution is -2.17. The average molecular weight is 404 g/mol. The van der Waals surface area contributed by atoms with Crippen LogP contribution in [0.5, 0.6) is 5.88 Å². The topological polar surface area (TPSA) is 103 Å². The van der Waals surface area contributed by atoms with Gasteiger partial charge >= 0.3 is 0 Å². The molecule has 1 aromatic carbocycles. The number of unbranched alkanes of at least 4 members (excludes halogenated alkanes) is 2. The van der Waals surface area contributed by atoms with E-state index in [2.05, 4.69) is 16.9 Å². The highest BCUT2D eigenvalue weighted by Crippen LogP contribution is 2.37. The number of aromatic nitrogens is 3. The van der Waals surface area contributed by atoms with E-state index < -0.39 is 7.14 Å². The van der Waals surface area contributed by atoms with Crippen molar-refractivity contribution in [1.82, 2.24) is 14.7 Å². The van der Waals surface area contributed by atoms with Gasteiger partial charge in [-0.3, -0.25) is 0 Å². The Bertz CT molecular complexity index is 1030. The molecule has 0 unspecified atom stereocenters. The van der Waals surface area contributed by atoms with Gasteiger partial charge in [0.1, 0.15) is 25.1 Å². The summed E-state index contributed by atoms with van der Waals surface area (Å²) in [6.45, 7) is 6.71. The molecule has 8 heteroatoms. The number of pyridine rings is 1. The zero-order valence-electron chi connectivity index (χ0n) is 16.8. The number of rotatable bonds is 9. The summed E-state index contributed by atoms with van der Waals surface area (Å²) in [6, 6.07) is 5.54. The normalized spacial score (nSPS) is 12.1. The van der Waals surface area contributed by atoms with Gasteiger partial charge in [0.2, 0.25) is 5.88 Å². The molecule has 0 saturated carbocycles. The van der Waals surface area contributed by atoms with Gasteiger partial charge in [0.25, 0.3) is 0 Å². The fraction of sp³-hybridized carbons (Fsp3) is 0.500. The van der Waals surface area contributed by atoms with Gasteiger partial charge in [-0.1, -0.05) is 19.4 Å². The number of hydrogen-bond donors (Lipinski definition) is 2. The van der Waals surface area contributed by atoms with E-state index in [1.165, 1.54) is 0 Å². The molecular formula is C20H29N4O3P. The van der Waals surface area contributed by atoms with Gasteiger partial charge in [0.05, 0.1) is 5.52 Å². The number of hydrogen-bond acceptors (Lipinski definition) is 6. The van der Waals surface area contributed by atoms with E-state index in [1.54, 1.807) is 24.1 Å². The van der Waals surface area contributed by atoms with Crippen LogP contribution in [0.2, 0.25) is 0 Å². The zero-order valence-corrected chi connectivity index (χ0v) is 17.7. The molecule has 3 N–H and O–H groups in total. The highest BCUT2D eigenvalue weighted by molar-refractivity contribution is 7.70. The fourth-order valence-corrected chi connectivity index (χ4v) is 4.06. The maximum atomic E-state index is 12.5. The molecule has 0 radical (unpaired) electrons. The molecule has 2 heterocycles. The first kappa shape index (κ1) is 20.6. The Balaban J connectivity index is 2.18.